The molecule has 2 rings (SSSR count). The van der Waals surface area contributed by atoms with Crippen LogP contribution < -0.4 is 10.1 Å². The summed E-state index contributed by atoms with van der Waals surface area (Å²) in [6.45, 7) is 4.13. The van der Waals surface area contributed by atoms with Crippen LogP contribution in [0, 0.1) is 5.92 Å². The van der Waals surface area contributed by atoms with E-state index in [4.69, 9.17) is 4.74 Å². The molecule has 0 bridgehead atoms. The summed E-state index contributed by atoms with van der Waals surface area (Å²) in [7, 11) is 0. The van der Waals surface area contributed by atoms with Gasteiger partial charge in [0.1, 0.15) is 5.75 Å². The van der Waals surface area contributed by atoms with Crippen LogP contribution in [0.1, 0.15) is 42.2 Å². The smallest absolute Gasteiger partial charge is 0.258 e. The first-order chi connectivity index (χ1) is 11.6. The molecule has 1 N–H and O–H groups in total. The van der Waals surface area contributed by atoms with Crippen LogP contribution >= 0.6 is 0 Å². The fourth-order valence-corrected chi connectivity index (χ4v) is 2.52. The number of para-hydroxylation sites is 1. The number of amides is 1. The molecule has 126 valence electrons. The van der Waals surface area contributed by atoms with Crippen molar-refractivity contribution in [3.05, 3.63) is 65.7 Å². The topological polar surface area (TPSA) is 55.4 Å². The van der Waals surface area contributed by atoms with Crippen LogP contribution in [0.3, 0.4) is 0 Å². The van der Waals surface area contributed by atoms with Gasteiger partial charge in [-0.15, -0.1) is 0 Å². The first kappa shape index (κ1) is 17.7. The van der Waals surface area contributed by atoms with Gasteiger partial charge in [-0.1, -0.05) is 56.3 Å². The van der Waals surface area contributed by atoms with Crippen LogP contribution in [0.5, 0.6) is 5.75 Å². The maximum Gasteiger partial charge on any atom is 0.258 e. The van der Waals surface area contributed by atoms with Gasteiger partial charge in [0.2, 0.25) is 0 Å². The maximum atomic E-state index is 12.3. The molecular weight excluding hydrogens is 302 g/mol. The van der Waals surface area contributed by atoms with Crippen LogP contribution in [0.25, 0.3) is 0 Å². The van der Waals surface area contributed by atoms with Crippen molar-refractivity contribution in [3.63, 3.8) is 0 Å². The molecule has 2 aromatic rings. The quantitative estimate of drug-likeness (QED) is 0.751. The van der Waals surface area contributed by atoms with Gasteiger partial charge in [0.25, 0.3) is 5.91 Å². The van der Waals surface area contributed by atoms with Gasteiger partial charge in [-0.3, -0.25) is 9.59 Å². The number of hydrogen-bond donors (Lipinski definition) is 1. The average Bonchev–Trinajstić information content (AvgIpc) is 2.60. The van der Waals surface area contributed by atoms with Crippen molar-refractivity contribution in [3.8, 4) is 5.75 Å². The van der Waals surface area contributed by atoms with Crippen molar-refractivity contribution in [2.75, 3.05) is 6.61 Å². The molecule has 0 aliphatic carbocycles. The Bertz CT molecular complexity index is 668. The van der Waals surface area contributed by atoms with Crippen molar-refractivity contribution in [2.24, 2.45) is 5.92 Å². The molecule has 0 spiro atoms. The third kappa shape index (κ3) is 5.23. The third-order valence-electron chi connectivity index (χ3n) is 3.65. The highest BCUT2D eigenvalue weighted by atomic mass is 16.5. The van der Waals surface area contributed by atoms with Crippen LogP contribution in [0.4, 0.5) is 0 Å². The summed E-state index contributed by atoms with van der Waals surface area (Å²) in [5.41, 5.74) is 1.51. The van der Waals surface area contributed by atoms with E-state index in [1.807, 2.05) is 30.3 Å². The molecule has 4 nitrogen and oxygen atoms in total. The van der Waals surface area contributed by atoms with Crippen molar-refractivity contribution in [1.29, 1.82) is 0 Å². The number of aldehydes is 1. The number of carbonyl (C=O) groups is 2. The second-order valence-corrected chi connectivity index (χ2v) is 6.10. The summed E-state index contributed by atoms with van der Waals surface area (Å²) in [6, 6.07) is 16.7. The van der Waals surface area contributed by atoms with Gasteiger partial charge in [-0.25, -0.2) is 0 Å². The second-order valence-electron chi connectivity index (χ2n) is 6.10. The predicted octanol–water partition coefficient (Wildman–Crippen LogP) is 3.78. The number of nitrogens with one attached hydrogen (secondary N) is 1. The van der Waals surface area contributed by atoms with E-state index in [-0.39, 0.29) is 18.6 Å². The van der Waals surface area contributed by atoms with Crippen LogP contribution in [0.15, 0.2) is 54.6 Å². The number of carbonyl (C=O) groups excluding carboxylic acids is 2. The molecule has 0 aliphatic rings. The van der Waals surface area contributed by atoms with E-state index in [2.05, 4.69) is 19.2 Å². The summed E-state index contributed by atoms with van der Waals surface area (Å²) >= 11 is 0. The highest BCUT2D eigenvalue weighted by Gasteiger charge is 2.16. The molecule has 2 aromatic carbocycles. The molecule has 1 atom stereocenters. The lowest BCUT2D eigenvalue weighted by Gasteiger charge is -2.21. The van der Waals surface area contributed by atoms with Crippen molar-refractivity contribution in [1.82, 2.24) is 5.32 Å². The van der Waals surface area contributed by atoms with Gasteiger partial charge in [0, 0.05) is 0 Å². The van der Waals surface area contributed by atoms with Crippen LogP contribution in [0.2, 0.25) is 0 Å². The van der Waals surface area contributed by atoms with Gasteiger partial charge < -0.3 is 10.1 Å². The lowest BCUT2D eigenvalue weighted by molar-refractivity contribution is -0.124. The Kier molecular flexibility index (Phi) is 6.55. The lowest BCUT2D eigenvalue weighted by atomic mass is 9.97. The van der Waals surface area contributed by atoms with Crippen molar-refractivity contribution < 1.29 is 14.3 Å². The molecule has 0 aliphatic heterocycles. The van der Waals surface area contributed by atoms with E-state index in [1.54, 1.807) is 24.3 Å². The summed E-state index contributed by atoms with van der Waals surface area (Å²) < 4.78 is 5.49. The standard InChI is InChI=1S/C20H23NO3/c1-15(2)12-18(16-8-4-3-5-9-16)21-20(23)14-24-19-11-7-6-10-17(19)13-22/h3-11,13,15,18H,12,14H2,1-2H3,(H,21,23)/t18-/m0/s1. The van der Waals surface area contributed by atoms with E-state index in [1.165, 1.54) is 0 Å². The van der Waals surface area contributed by atoms with E-state index >= 15 is 0 Å². The van der Waals surface area contributed by atoms with Crippen LogP contribution in [-0.4, -0.2) is 18.8 Å². The molecule has 4 heteroatoms. The molecular formula is C20H23NO3. The molecule has 0 radical (unpaired) electrons. The lowest BCUT2D eigenvalue weighted by Crippen LogP contribution is -2.33. The minimum atomic E-state index is -0.204. The summed E-state index contributed by atoms with van der Waals surface area (Å²) in [6.07, 6.45) is 1.57. The Labute approximate surface area is 142 Å². The Morgan fingerprint density at radius 3 is 2.42 bits per heavy atom. The summed E-state index contributed by atoms with van der Waals surface area (Å²) in [5.74, 6) is 0.667. The fourth-order valence-electron chi connectivity index (χ4n) is 2.52. The van der Waals surface area contributed by atoms with E-state index in [9.17, 15) is 9.59 Å². The molecule has 0 aromatic heterocycles. The normalized spacial score (nSPS) is 11.8. The Morgan fingerprint density at radius 2 is 1.75 bits per heavy atom. The molecule has 0 saturated carbocycles. The van der Waals surface area contributed by atoms with E-state index < -0.39 is 0 Å². The number of benzene rings is 2. The van der Waals surface area contributed by atoms with Crippen LogP contribution in [-0.2, 0) is 4.79 Å². The monoisotopic (exact) mass is 325 g/mol. The Morgan fingerprint density at radius 1 is 1.08 bits per heavy atom. The van der Waals surface area contributed by atoms with Crippen molar-refractivity contribution >= 4 is 12.2 Å². The highest BCUT2D eigenvalue weighted by molar-refractivity contribution is 5.81. The Hall–Kier alpha value is -2.62. The van der Waals surface area contributed by atoms with E-state index in [0.29, 0.717) is 17.2 Å². The number of rotatable bonds is 8. The maximum absolute atomic E-state index is 12.3. The first-order valence-corrected chi connectivity index (χ1v) is 8.11. The highest BCUT2D eigenvalue weighted by Crippen LogP contribution is 2.21. The zero-order valence-corrected chi connectivity index (χ0v) is 14.1. The fraction of sp³-hybridized carbons (Fsp3) is 0.300. The summed E-state index contributed by atoms with van der Waals surface area (Å²) in [5, 5.41) is 3.02. The van der Waals surface area contributed by atoms with Gasteiger partial charge in [0.15, 0.2) is 12.9 Å². The largest absolute Gasteiger partial charge is 0.483 e. The van der Waals surface area contributed by atoms with Gasteiger partial charge in [-0.05, 0) is 30.0 Å². The third-order valence-corrected chi connectivity index (χ3v) is 3.65. The molecule has 0 fully saturated rings. The van der Waals surface area contributed by atoms with Gasteiger partial charge in [-0.2, -0.15) is 0 Å². The Balaban J connectivity index is 1.99. The average molecular weight is 325 g/mol. The number of hydrogen-bond acceptors (Lipinski definition) is 3. The minimum absolute atomic E-state index is 0.0522. The molecule has 0 saturated heterocycles. The minimum Gasteiger partial charge on any atom is -0.483 e. The SMILES string of the molecule is CC(C)C[C@H](NC(=O)COc1ccccc1C=O)c1ccccc1. The molecule has 24 heavy (non-hydrogen) atoms. The zero-order valence-electron chi connectivity index (χ0n) is 14.1. The second kappa shape index (κ2) is 8.87. The summed E-state index contributed by atoms with van der Waals surface area (Å²) in [4.78, 5) is 23.2. The number of ether oxygens (including phenoxy) is 1. The predicted molar refractivity (Wildman–Crippen MR) is 94.1 cm³/mol. The van der Waals surface area contributed by atoms with Gasteiger partial charge in [0.05, 0.1) is 11.6 Å². The molecule has 1 amide bonds. The van der Waals surface area contributed by atoms with Crippen molar-refractivity contribution in [2.45, 2.75) is 26.3 Å². The first-order valence-electron chi connectivity index (χ1n) is 8.11. The molecule has 0 heterocycles. The van der Waals surface area contributed by atoms with E-state index in [0.717, 1.165) is 18.3 Å². The van der Waals surface area contributed by atoms with Gasteiger partial charge >= 0.3 is 0 Å². The molecule has 0 unspecified atom stereocenters. The zero-order chi connectivity index (χ0) is 17.4.